The fourth-order valence-corrected chi connectivity index (χ4v) is 3.76. The molecule has 1 N–H and O–H groups in total. The topological polar surface area (TPSA) is 93.1 Å². The van der Waals surface area contributed by atoms with Gasteiger partial charge in [0.05, 0.1) is 30.7 Å². The van der Waals surface area contributed by atoms with Gasteiger partial charge in [-0.15, -0.1) is 0 Å². The Morgan fingerprint density at radius 1 is 1.16 bits per heavy atom. The van der Waals surface area contributed by atoms with Gasteiger partial charge in [-0.25, -0.2) is 9.97 Å². The van der Waals surface area contributed by atoms with Crippen molar-refractivity contribution in [1.29, 1.82) is 0 Å². The molecule has 166 valence electrons. The Morgan fingerprint density at radius 2 is 2.00 bits per heavy atom. The van der Waals surface area contributed by atoms with Crippen LogP contribution < -0.4 is 5.32 Å². The van der Waals surface area contributed by atoms with Crippen LogP contribution >= 0.6 is 0 Å². The zero-order valence-corrected chi connectivity index (χ0v) is 18.5. The Morgan fingerprint density at radius 3 is 2.72 bits per heavy atom. The number of amides is 1. The lowest BCUT2D eigenvalue weighted by atomic mass is 10.1. The SMILES string of the molecule is Cc1cc(C)nc(Nc2ccc(C3CN(C(=O)CCCc4ccccn4)CCO3)nc2)n1. The average molecular weight is 433 g/mol. The molecular formula is C24H28N6O2. The number of hydrogen-bond acceptors (Lipinski definition) is 7. The molecule has 0 aliphatic carbocycles. The van der Waals surface area contributed by atoms with E-state index < -0.39 is 0 Å². The number of hydrogen-bond donors (Lipinski definition) is 1. The molecular weight excluding hydrogens is 404 g/mol. The van der Waals surface area contributed by atoms with Crippen molar-refractivity contribution in [3.8, 4) is 0 Å². The van der Waals surface area contributed by atoms with Gasteiger partial charge in [-0.05, 0) is 57.0 Å². The maximum atomic E-state index is 12.7. The molecule has 1 amide bonds. The van der Waals surface area contributed by atoms with E-state index in [4.69, 9.17) is 4.74 Å². The van der Waals surface area contributed by atoms with Crippen molar-refractivity contribution in [1.82, 2.24) is 24.8 Å². The minimum Gasteiger partial charge on any atom is -0.368 e. The number of carbonyl (C=O) groups excluding carboxylic acids is 1. The van der Waals surface area contributed by atoms with E-state index in [0.29, 0.717) is 32.1 Å². The molecule has 8 nitrogen and oxygen atoms in total. The van der Waals surface area contributed by atoms with Crippen molar-refractivity contribution in [3.63, 3.8) is 0 Å². The van der Waals surface area contributed by atoms with Crippen molar-refractivity contribution in [3.05, 3.63) is 71.6 Å². The summed E-state index contributed by atoms with van der Waals surface area (Å²) in [6.07, 6.45) is 5.40. The first-order valence-corrected chi connectivity index (χ1v) is 10.9. The second kappa shape index (κ2) is 10.3. The summed E-state index contributed by atoms with van der Waals surface area (Å²) in [5.74, 6) is 0.702. The monoisotopic (exact) mass is 432 g/mol. The minimum absolute atomic E-state index is 0.152. The highest BCUT2D eigenvalue weighted by atomic mass is 16.5. The summed E-state index contributed by atoms with van der Waals surface area (Å²) in [6, 6.07) is 11.6. The van der Waals surface area contributed by atoms with Crippen LogP contribution in [0.5, 0.6) is 0 Å². The Balaban J connectivity index is 1.31. The van der Waals surface area contributed by atoms with E-state index in [0.717, 1.165) is 41.3 Å². The molecule has 3 aromatic rings. The lowest BCUT2D eigenvalue weighted by Crippen LogP contribution is -2.42. The summed E-state index contributed by atoms with van der Waals surface area (Å²) in [4.78, 5) is 32.2. The van der Waals surface area contributed by atoms with Crippen molar-refractivity contribution >= 4 is 17.5 Å². The normalized spacial score (nSPS) is 16.1. The van der Waals surface area contributed by atoms with Crippen molar-refractivity contribution in [2.24, 2.45) is 0 Å². The van der Waals surface area contributed by atoms with Crippen LogP contribution in [0.4, 0.5) is 11.6 Å². The van der Waals surface area contributed by atoms with E-state index in [9.17, 15) is 4.79 Å². The van der Waals surface area contributed by atoms with E-state index in [1.54, 1.807) is 12.4 Å². The molecule has 0 radical (unpaired) electrons. The van der Waals surface area contributed by atoms with Gasteiger partial charge in [-0.3, -0.25) is 14.8 Å². The van der Waals surface area contributed by atoms with E-state index >= 15 is 0 Å². The number of nitrogens with zero attached hydrogens (tertiary/aromatic N) is 5. The zero-order valence-electron chi connectivity index (χ0n) is 18.5. The first kappa shape index (κ1) is 21.8. The Labute approximate surface area is 188 Å². The van der Waals surface area contributed by atoms with Crippen LogP contribution in [0.2, 0.25) is 0 Å². The summed E-state index contributed by atoms with van der Waals surface area (Å²) >= 11 is 0. The lowest BCUT2D eigenvalue weighted by molar-refractivity contribution is -0.139. The Bertz CT molecular complexity index is 1020. The summed E-state index contributed by atoms with van der Waals surface area (Å²) < 4.78 is 5.90. The summed E-state index contributed by atoms with van der Waals surface area (Å²) in [5.41, 5.74) is 4.44. The van der Waals surface area contributed by atoms with Gasteiger partial charge in [-0.1, -0.05) is 6.07 Å². The highest BCUT2D eigenvalue weighted by Crippen LogP contribution is 2.23. The highest BCUT2D eigenvalue weighted by Gasteiger charge is 2.26. The standard InChI is InChI=1S/C24H28N6O2/c1-17-14-18(2)28-24(27-17)29-20-9-10-21(26-15-20)22-16-30(12-13-32-22)23(31)8-5-7-19-6-3-4-11-25-19/h3-4,6,9-11,14-15,22H,5,7-8,12-13,16H2,1-2H3,(H,27,28,29). The van der Waals surface area contributed by atoms with E-state index in [1.165, 1.54) is 0 Å². The third-order valence-electron chi connectivity index (χ3n) is 5.32. The van der Waals surface area contributed by atoms with Crippen molar-refractivity contribution < 1.29 is 9.53 Å². The smallest absolute Gasteiger partial charge is 0.227 e. The van der Waals surface area contributed by atoms with E-state index in [2.05, 4.69) is 25.3 Å². The van der Waals surface area contributed by atoms with Gasteiger partial charge >= 0.3 is 0 Å². The zero-order chi connectivity index (χ0) is 22.3. The molecule has 1 saturated heterocycles. The number of rotatable bonds is 7. The minimum atomic E-state index is -0.227. The molecule has 1 aliphatic heterocycles. The Kier molecular flexibility index (Phi) is 7.01. The first-order chi connectivity index (χ1) is 15.6. The molecule has 3 aromatic heterocycles. The van der Waals surface area contributed by atoms with Crippen LogP contribution in [0.25, 0.3) is 0 Å². The molecule has 8 heteroatoms. The number of pyridine rings is 2. The number of morpholine rings is 1. The molecule has 0 saturated carbocycles. The quantitative estimate of drug-likeness (QED) is 0.610. The fourth-order valence-electron chi connectivity index (χ4n) is 3.76. The molecule has 0 bridgehead atoms. The number of ether oxygens (including phenoxy) is 1. The van der Waals surface area contributed by atoms with Gasteiger partial charge in [-0.2, -0.15) is 0 Å². The maximum absolute atomic E-state index is 12.7. The lowest BCUT2D eigenvalue weighted by Gasteiger charge is -2.32. The largest absolute Gasteiger partial charge is 0.368 e. The summed E-state index contributed by atoms with van der Waals surface area (Å²) in [7, 11) is 0. The van der Waals surface area contributed by atoms with Gasteiger partial charge in [0.1, 0.15) is 6.10 Å². The predicted octanol–water partition coefficient (Wildman–Crippen LogP) is 3.55. The van der Waals surface area contributed by atoms with Gasteiger partial charge in [0.25, 0.3) is 0 Å². The molecule has 1 fully saturated rings. The molecule has 32 heavy (non-hydrogen) atoms. The van der Waals surface area contributed by atoms with Gasteiger partial charge in [0, 0.05) is 36.2 Å². The van der Waals surface area contributed by atoms with Crippen LogP contribution in [-0.4, -0.2) is 50.4 Å². The molecule has 4 heterocycles. The molecule has 4 rings (SSSR count). The fraction of sp³-hybridized carbons (Fsp3) is 0.375. The third kappa shape index (κ3) is 5.85. The van der Waals surface area contributed by atoms with Gasteiger partial charge in [0.15, 0.2) is 0 Å². The summed E-state index contributed by atoms with van der Waals surface area (Å²) in [5, 5.41) is 3.18. The molecule has 1 unspecified atom stereocenters. The van der Waals surface area contributed by atoms with Gasteiger partial charge in [0.2, 0.25) is 11.9 Å². The second-order valence-corrected chi connectivity index (χ2v) is 7.94. The predicted molar refractivity (Wildman–Crippen MR) is 121 cm³/mol. The molecule has 1 aliphatic rings. The Hall–Kier alpha value is -3.39. The molecule has 1 atom stereocenters. The van der Waals surface area contributed by atoms with E-state index in [-0.39, 0.29) is 12.0 Å². The van der Waals surface area contributed by atoms with Crippen molar-refractivity contribution in [2.45, 2.75) is 39.2 Å². The van der Waals surface area contributed by atoms with Crippen molar-refractivity contribution in [2.75, 3.05) is 25.0 Å². The van der Waals surface area contributed by atoms with Gasteiger partial charge < -0.3 is 15.0 Å². The number of aromatic nitrogens is 4. The molecule has 0 spiro atoms. The van der Waals surface area contributed by atoms with E-state index in [1.807, 2.05) is 55.1 Å². The third-order valence-corrected chi connectivity index (χ3v) is 5.32. The average Bonchev–Trinajstić information content (AvgIpc) is 2.80. The van der Waals surface area contributed by atoms with Crippen LogP contribution in [0, 0.1) is 13.8 Å². The maximum Gasteiger partial charge on any atom is 0.227 e. The second-order valence-electron chi connectivity index (χ2n) is 7.94. The highest BCUT2D eigenvalue weighted by molar-refractivity contribution is 5.76. The summed E-state index contributed by atoms with van der Waals surface area (Å²) in [6.45, 7) is 5.51. The van der Waals surface area contributed by atoms with Crippen LogP contribution in [-0.2, 0) is 16.0 Å². The first-order valence-electron chi connectivity index (χ1n) is 10.9. The van der Waals surface area contributed by atoms with Crippen LogP contribution in [0.15, 0.2) is 48.8 Å². The van der Waals surface area contributed by atoms with Crippen LogP contribution in [0.3, 0.4) is 0 Å². The number of nitrogens with one attached hydrogen (secondary N) is 1. The number of anilines is 2. The number of aryl methyl sites for hydroxylation is 3. The molecule has 0 aromatic carbocycles. The van der Waals surface area contributed by atoms with Crippen LogP contribution in [0.1, 0.15) is 41.7 Å². The number of carbonyl (C=O) groups is 1.